The molecule has 0 saturated heterocycles. The largest absolute Gasteiger partial charge is 0.465 e. The van der Waals surface area contributed by atoms with Gasteiger partial charge < -0.3 is 9.47 Å². The number of ether oxygens (including phenoxy) is 2. The molecule has 0 amide bonds. The van der Waals surface area contributed by atoms with Gasteiger partial charge in [0.1, 0.15) is 23.4 Å². The van der Waals surface area contributed by atoms with E-state index in [1.165, 1.54) is 20.8 Å². The second-order valence-corrected chi connectivity index (χ2v) is 4.54. The van der Waals surface area contributed by atoms with Crippen LogP contribution >= 0.6 is 0 Å². The molecule has 6 nitrogen and oxygen atoms in total. The maximum atomic E-state index is 11.8. The third kappa shape index (κ3) is 4.75. The molecule has 6 heteroatoms. The van der Waals surface area contributed by atoms with Crippen LogP contribution in [0.2, 0.25) is 0 Å². The van der Waals surface area contributed by atoms with Crippen molar-refractivity contribution in [1.29, 1.82) is 0 Å². The Morgan fingerprint density at radius 3 is 1.30 bits per heavy atom. The Morgan fingerprint density at radius 1 is 0.800 bits per heavy atom. The molecule has 0 saturated carbocycles. The lowest BCUT2D eigenvalue weighted by molar-refractivity contribution is -0.159. The number of hydrogen-bond donors (Lipinski definition) is 0. The Labute approximate surface area is 118 Å². The highest BCUT2D eigenvalue weighted by atomic mass is 16.5. The van der Waals surface area contributed by atoms with Gasteiger partial charge in [0, 0.05) is 0 Å². The maximum absolute atomic E-state index is 11.8. The molecule has 2 atom stereocenters. The third-order valence-electron chi connectivity index (χ3n) is 3.01. The minimum absolute atomic E-state index is 0.124. The van der Waals surface area contributed by atoms with Gasteiger partial charge in [-0.3, -0.25) is 19.2 Å². The summed E-state index contributed by atoms with van der Waals surface area (Å²) >= 11 is 0. The van der Waals surface area contributed by atoms with E-state index in [1.807, 2.05) is 0 Å². The van der Waals surface area contributed by atoms with Gasteiger partial charge in [-0.1, -0.05) is 6.92 Å². The topological polar surface area (TPSA) is 86.7 Å². The molecule has 20 heavy (non-hydrogen) atoms. The lowest BCUT2D eigenvalue weighted by Crippen LogP contribution is -2.40. The van der Waals surface area contributed by atoms with Crippen LogP contribution in [-0.4, -0.2) is 36.7 Å². The van der Waals surface area contributed by atoms with Crippen molar-refractivity contribution in [3.05, 3.63) is 0 Å². The molecule has 0 spiro atoms. The number of ketones is 2. The zero-order valence-electron chi connectivity index (χ0n) is 12.6. The standard InChI is InChI=1S/C14H22O6/c1-6-19-13(17)11(9(4)15)8(3)12(10(5)16)14(18)20-7-2/h8,11-12H,6-7H2,1-5H3/t11-,12-/m0/s1. The van der Waals surface area contributed by atoms with Gasteiger partial charge in [0.15, 0.2) is 0 Å². The first-order valence-electron chi connectivity index (χ1n) is 6.62. The van der Waals surface area contributed by atoms with E-state index in [2.05, 4.69) is 0 Å². The van der Waals surface area contributed by atoms with Crippen molar-refractivity contribution >= 4 is 23.5 Å². The van der Waals surface area contributed by atoms with Gasteiger partial charge in [0.05, 0.1) is 13.2 Å². The summed E-state index contributed by atoms with van der Waals surface area (Å²) in [4.78, 5) is 46.9. The number of carbonyl (C=O) groups is 4. The number of Topliss-reactive ketones (excluding diaryl/α,β-unsaturated/α-hetero) is 2. The van der Waals surface area contributed by atoms with Gasteiger partial charge in [-0.05, 0) is 33.6 Å². The molecule has 0 aromatic rings. The highest BCUT2D eigenvalue weighted by Gasteiger charge is 2.41. The smallest absolute Gasteiger partial charge is 0.316 e. The second kappa shape index (κ2) is 8.45. The summed E-state index contributed by atoms with van der Waals surface area (Å²) in [5.41, 5.74) is 0. The van der Waals surface area contributed by atoms with E-state index in [0.717, 1.165) is 0 Å². The summed E-state index contributed by atoms with van der Waals surface area (Å²) in [5.74, 6) is -5.41. The number of rotatable bonds is 8. The monoisotopic (exact) mass is 286 g/mol. The van der Waals surface area contributed by atoms with Gasteiger partial charge in [0.2, 0.25) is 0 Å². The summed E-state index contributed by atoms with van der Waals surface area (Å²) in [7, 11) is 0. The average molecular weight is 286 g/mol. The minimum Gasteiger partial charge on any atom is -0.465 e. The molecule has 0 radical (unpaired) electrons. The Bertz CT molecular complexity index is 351. The van der Waals surface area contributed by atoms with Crippen LogP contribution in [0.3, 0.4) is 0 Å². The number of carbonyl (C=O) groups excluding carboxylic acids is 4. The molecule has 0 aliphatic heterocycles. The fourth-order valence-corrected chi connectivity index (χ4v) is 2.16. The Morgan fingerprint density at radius 2 is 1.10 bits per heavy atom. The molecule has 0 N–H and O–H groups in total. The quantitative estimate of drug-likeness (QED) is 0.491. The van der Waals surface area contributed by atoms with Gasteiger partial charge in [-0.25, -0.2) is 0 Å². The van der Waals surface area contributed by atoms with E-state index < -0.39 is 41.3 Å². The lowest BCUT2D eigenvalue weighted by Gasteiger charge is -2.25. The van der Waals surface area contributed by atoms with Crippen molar-refractivity contribution in [2.45, 2.75) is 34.6 Å². The molecule has 0 aliphatic carbocycles. The zero-order chi connectivity index (χ0) is 15.9. The minimum atomic E-state index is -1.15. The number of esters is 2. The predicted molar refractivity (Wildman–Crippen MR) is 70.8 cm³/mol. The van der Waals surface area contributed by atoms with Crippen molar-refractivity contribution in [1.82, 2.24) is 0 Å². The van der Waals surface area contributed by atoms with Gasteiger partial charge in [-0.2, -0.15) is 0 Å². The van der Waals surface area contributed by atoms with Crippen molar-refractivity contribution in [2.24, 2.45) is 17.8 Å². The first kappa shape index (κ1) is 18.3. The normalized spacial score (nSPS) is 13.5. The summed E-state index contributed by atoms with van der Waals surface area (Å²) < 4.78 is 9.67. The Kier molecular flexibility index (Phi) is 7.72. The van der Waals surface area contributed by atoms with E-state index in [-0.39, 0.29) is 13.2 Å². The Balaban J connectivity index is 5.32. The van der Waals surface area contributed by atoms with E-state index in [4.69, 9.17) is 9.47 Å². The van der Waals surface area contributed by atoms with E-state index >= 15 is 0 Å². The first-order valence-corrected chi connectivity index (χ1v) is 6.62. The highest BCUT2D eigenvalue weighted by Crippen LogP contribution is 2.25. The molecule has 0 rings (SSSR count). The van der Waals surface area contributed by atoms with Crippen LogP contribution in [-0.2, 0) is 28.7 Å². The summed E-state index contributed by atoms with van der Waals surface area (Å²) in [5, 5.41) is 0. The van der Waals surface area contributed by atoms with Crippen LogP contribution < -0.4 is 0 Å². The summed E-state index contributed by atoms with van der Waals surface area (Å²) in [6, 6.07) is 0. The highest BCUT2D eigenvalue weighted by molar-refractivity contribution is 6.02. The maximum Gasteiger partial charge on any atom is 0.316 e. The first-order chi connectivity index (χ1) is 9.27. The third-order valence-corrected chi connectivity index (χ3v) is 3.01. The molecular weight excluding hydrogens is 264 g/mol. The van der Waals surface area contributed by atoms with Crippen molar-refractivity contribution in [3.8, 4) is 0 Å². The van der Waals surface area contributed by atoms with E-state index in [9.17, 15) is 19.2 Å². The molecule has 0 aromatic carbocycles. The molecule has 0 fully saturated rings. The summed E-state index contributed by atoms with van der Waals surface area (Å²) in [6.07, 6.45) is 0. The average Bonchev–Trinajstić information content (AvgIpc) is 2.28. The molecule has 114 valence electrons. The summed E-state index contributed by atoms with van der Waals surface area (Å²) in [6.45, 7) is 7.47. The van der Waals surface area contributed by atoms with Crippen molar-refractivity contribution in [3.63, 3.8) is 0 Å². The molecule has 0 aromatic heterocycles. The zero-order valence-corrected chi connectivity index (χ0v) is 12.6. The second-order valence-electron chi connectivity index (χ2n) is 4.54. The van der Waals surface area contributed by atoms with Crippen molar-refractivity contribution < 1.29 is 28.7 Å². The van der Waals surface area contributed by atoms with Crippen LogP contribution in [0.4, 0.5) is 0 Å². The Hall–Kier alpha value is -1.72. The number of hydrogen-bond acceptors (Lipinski definition) is 6. The van der Waals surface area contributed by atoms with Crippen LogP contribution in [0.15, 0.2) is 0 Å². The predicted octanol–water partition coefficient (Wildman–Crippen LogP) is 1.16. The van der Waals surface area contributed by atoms with Gasteiger partial charge in [-0.15, -0.1) is 0 Å². The fourth-order valence-electron chi connectivity index (χ4n) is 2.16. The molecule has 0 heterocycles. The van der Waals surface area contributed by atoms with Gasteiger partial charge in [0.25, 0.3) is 0 Å². The van der Waals surface area contributed by atoms with Gasteiger partial charge >= 0.3 is 11.9 Å². The van der Waals surface area contributed by atoms with Crippen LogP contribution in [0.25, 0.3) is 0 Å². The fraction of sp³-hybridized carbons (Fsp3) is 0.714. The van der Waals surface area contributed by atoms with E-state index in [0.29, 0.717) is 0 Å². The lowest BCUT2D eigenvalue weighted by atomic mass is 9.79. The SMILES string of the molecule is CCOC(=O)[C@H](C(C)=O)C(C)[C@@H](C(C)=O)C(=O)OCC. The van der Waals surface area contributed by atoms with Crippen LogP contribution in [0, 0.1) is 17.8 Å². The van der Waals surface area contributed by atoms with Crippen LogP contribution in [0.5, 0.6) is 0 Å². The molecule has 0 unspecified atom stereocenters. The molecular formula is C14H22O6. The van der Waals surface area contributed by atoms with Crippen LogP contribution in [0.1, 0.15) is 34.6 Å². The molecule has 0 bridgehead atoms. The molecule has 0 aliphatic rings. The van der Waals surface area contributed by atoms with Crippen molar-refractivity contribution in [2.75, 3.05) is 13.2 Å². The van der Waals surface area contributed by atoms with E-state index in [1.54, 1.807) is 13.8 Å².